The molecular formula is C23H39. The normalized spacial score (nSPS) is 11.3. The number of aryl methyl sites for hydroxylation is 1. The van der Waals surface area contributed by atoms with Crippen LogP contribution in [0.1, 0.15) is 103 Å². The van der Waals surface area contributed by atoms with Crippen molar-refractivity contribution in [2.45, 2.75) is 104 Å². The van der Waals surface area contributed by atoms with Crippen molar-refractivity contribution in [2.24, 2.45) is 5.92 Å². The van der Waals surface area contributed by atoms with E-state index in [4.69, 9.17) is 0 Å². The van der Waals surface area contributed by atoms with E-state index in [1.54, 1.807) is 0 Å². The molecule has 0 atom stereocenters. The first-order valence-electron chi connectivity index (χ1n) is 10.2. The van der Waals surface area contributed by atoms with Crippen molar-refractivity contribution in [3.8, 4) is 0 Å². The van der Waals surface area contributed by atoms with Gasteiger partial charge in [-0.15, -0.1) is 0 Å². The van der Waals surface area contributed by atoms with Crippen LogP contribution in [0, 0.1) is 12.0 Å². The number of unbranched alkanes of at least 4 members (excludes halogenated alkanes) is 11. The molecule has 0 fully saturated rings. The molecule has 1 aromatic carbocycles. The lowest BCUT2D eigenvalue weighted by molar-refractivity contribution is 0.503. The van der Waals surface area contributed by atoms with E-state index >= 15 is 0 Å². The minimum Gasteiger partial charge on any atom is -0.0628 e. The molecule has 1 radical (unpaired) electrons. The van der Waals surface area contributed by atoms with Crippen LogP contribution in [0.5, 0.6) is 0 Å². The highest BCUT2D eigenvalue weighted by molar-refractivity contribution is 5.13. The van der Waals surface area contributed by atoms with Crippen LogP contribution in [0.2, 0.25) is 0 Å². The summed E-state index contributed by atoms with van der Waals surface area (Å²) in [5, 5.41) is 0. The van der Waals surface area contributed by atoms with E-state index in [-0.39, 0.29) is 0 Å². The van der Waals surface area contributed by atoms with E-state index in [9.17, 15) is 0 Å². The summed E-state index contributed by atoms with van der Waals surface area (Å²) < 4.78 is 0. The van der Waals surface area contributed by atoms with Gasteiger partial charge in [-0.25, -0.2) is 0 Å². The molecular weight excluding hydrogens is 276 g/mol. The molecule has 0 aliphatic carbocycles. The minimum atomic E-state index is 0.890. The Morgan fingerprint density at radius 3 is 1.57 bits per heavy atom. The lowest BCUT2D eigenvalue weighted by Crippen LogP contribution is -1.87. The lowest BCUT2D eigenvalue weighted by Gasteiger charge is -2.05. The molecule has 0 saturated heterocycles. The Hall–Kier alpha value is -0.780. The van der Waals surface area contributed by atoms with Crippen LogP contribution < -0.4 is 0 Å². The van der Waals surface area contributed by atoms with Gasteiger partial charge >= 0.3 is 0 Å². The molecule has 1 aromatic rings. The molecule has 0 aromatic heterocycles. The molecule has 0 heteroatoms. The molecule has 0 aliphatic rings. The number of hydrogen-bond acceptors (Lipinski definition) is 0. The molecule has 0 spiro atoms. The average molecular weight is 316 g/mol. The maximum absolute atomic E-state index is 3.09. The van der Waals surface area contributed by atoms with Crippen LogP contribution in [0.3, 0.4) is 0 Å². The van der Waals surface area contributed by atoms with Crippen LogP contribution >= 0.6 is 0 Å². The van der Waals surface area contributed by atoms with E-state index in [1.165, 1.54) is 95.5 Å². The van der Waals surface area contributed by atoms with Gasteiger partial charge in [0.05, 0.1) is 0 Å². The fraction of sp³-hybridized carbons (Fsp3) is 0.739. The van der Waals surface area contributed by atoms with Crippen molar-refractivity contribution >= 4 is 0 Å². The molecule has 0 saturated carbocycles. The van der Waals surface area contributed by atoms with Crippen LogP contribution in [0.15, 0.2) is 24.3 Å². The quantitative estimate of drug-likeness (QED) is 0.290. The van der Waals surface area contributed by atoms with Gasteiger partial charge in [-0.2, -0.15) is 0 Å². The Bertz CT molecular complexity index is 338. The maximum atomic E-state index is 3.09. The van der Waals surface area contributed by atoms with E-state index < -0.39 is 0 Å². The first-order chi connectivity index (χ1) is 11.3. The predicted molar refractivity (Wildman–Crippen MR) is 104 cm³/mol. The van der Waals surface area contributed by atoms with Crippen LogP contribution in [0.4, 0.5) is 0 Å². The minimum absolute atomic E-state index is 0.890. The molecule has 1 rings (SSSR count). The topological polar surface area (TPSA) is 0 Å². The summed E-state index contributed by atoms with van der Waals surface area (Å²) in [5.74, 6) is 0.890. The SMILES string of the molecule is CC(C)CCCCCCCCCCCCCCc1cc[c]cc1. The summed E-state index contributed by atoms with van der Waals surface area (Å²) in [6.07, 6.45) is 19.9. The van der Waals surface area contributed by atoms with Gasteiger partial charge in [-0.05, 0) is 30.4 Å². The summed E-state index contributed by atoms with van der Waals surface area (Å²) >= 11 is 0. The number of rotatable bonds is 15. The predicted octanol–water partition coefficient (Wildman–Crippen LogP) is 7.76. The molecule has 0 aliphatic heterocycles. The fourth-order valence-corrected chi connectivity index (χ4v) is 3.24. The maximum Gasteiger partial charge on any atom is -0.0184 e. The first-order valence-corrected chi connectivity index (χ1v) is 10.2. The van der Waals surface area contributed by atoms with Crippen molar-refractivity contribution in [1.29, 1.82) is 0 Å². The van der Waals surface area contributed by atoms with E-state index in [0.29, 0.717) is 0 Å². The van der Waals surface area contributed by atoms with Gasteiger partial charge in [0.25, 0.3) is 0 Å². The average Bonchev–Trinajstić information content (AvgIpc) is 2.56. The van der Waals surface area contributed by atoms with Gasteiger partial charge in [0.2, 0.25) is 0 Å². The van der Waals surface area contributed by atoms with Gasteiger partial charge in [0.15, 0.2) is 0 Å². The zero-order chi connectivity index (χ0) is 16.6. The Morgan fingerprint density at radius 1 is 0.652 bits per heavy atom. The standard InChI is InChI=1S/C23H39/c1-22(2)18-14-11-9-7-5-3-4-6-8-10-12-15-19-23-20-16-13-17-21-23/h16-17,20-22H,3-12,14-15,18-19H2,1-2H3. The highest BCUT2D eigenvalue weighted by atomic mass is 14.0. The Kier molecular flexibility index (Phi) is 13.0. The van der Waals surface area contributed by atoms with E-state index in [1.807, 2.05) is 12.1 Å². The van der Waals surface area contributed by atoms with Crippen LogP contribution in [-0.2, 0) is 6.42 Å². The van der Waals surface area contributed by atoms with Gasteiger partial charge in [0, 0.05) is 0 Å². The second-order valence-electron chi connectivity index (χ2n) is 7.58. The number of hydrogen-bond donors (Lipinski definition) is 0. The molecule has 0 nitrogen and oxygen atoms in total. The van der Waals surface area contributed by atoms with Crippen molar-refractivity contribution in [3.63, 3.8) is 0 Å². The van der Waals surface area contributed by atoms with Gasteiger partial charge < -0.3 is 0 Å². The molecule has 0 bridgehead atoms. The number of benzene rings is 1. The largest absolute Gasteiger partial charge is 0.0628 e. The highest BCUT2D eigenvalue weighted by Crippen LogP contribution is 2.14. The van der Waals surface area contributed by atoms with Gasteiger partial charge in [-0.3, -0.25) is 0 Å². The molecule has 0 amide bonds. The third-order valence-electron chi connectivity index (χ3n) is 4.78. The van der Waals surface area contributed by atoms with Crippen molar-refractivity contribution in [2.75, 3.05) is 0 Å². The van der Waals surface area contributed by atoms with Crippen molar-refractivity contribution in [3.05, 3.63) is 35.9 Å². The second kappa shape index (κ2) is 14.8. The zero-order valence-corrected chi connectivity index (χ0v) is 15.8. The van der Waals surface area contributed by atoms with Crippen LogP contribution in [-0.4, -0.2) is 0 Å². The summed E-state index contributed by atoms with van der Waals surface area (Å²) in [6.45, 7) is 4.67. The highest BCUT2D eigenvalue weighted by Gasteiger charge is 1.96. The third-order valence-corrected chi connectivity index (χ3v) is 4.78. The fourth-order valence-electron chi connectivity index (χ4n) is 3.24. The molecule has 131 valence electrons. The zero-order valence-electron chi connectivity index (χ0n) is 15.8. The van der Waals surface area contributed by atoms with E-state index in [2.05, 4.69) is 32.0 Å². The van der Waals surface area contributed by atoms with E-state index in [0.717, 1.165) is 5.92 Å². The molecule has 0 heterocycles. The molecule has 0 N–H and O–H groups in total. The summed E-state index contributed by atoms with van der Waals surface area (Å²) in [5.41, 5.74) is 1.47. The monoisotopic (exact) mass is 315 g/mol. The summed E-state index contributed by atoms with van der Waals surface area (Å²) in [7, 11) is 0. The van der Waals surface area contributed by atoms with Crippen LogP contribution in [0.25, 0.3) is 0 Å². The second-order valence-corrected chi connectivity index (χ2v) is 7.58. The van der Waals surface area contributed by atoms with Crippen molar-refractivity contribution < 1.29 is 0 Å². The molecule has 23 heavy (non-hydrogen) atoms. The van der Waals surface area contributed by atoms with Gasteiger partial charge in [0.1, 0.15) is 0 Å². The first kappa shape index (κ1) is 20.3. The van der Waals surface area contributed by atoms with Crippen molar-refractivity contribution in [1.82, 2.24) is 0 Å². The summed E-state index contributed by atoms with van der Waals surface area (Å²) in [6, 6.07) is 11.5. The summed E-state index contributed by atoms with van der Waals surface area (Å²) in [4.78, 5) is 0. The van der Waals surface area contributed by atoms with Gasteiger partial charge in [-0.1, -0.05) is 115 Å². The Balaban J connectivity index is 1.73. The Labute approximate surface area is 146 Å². The molecule has 0 unspecified atom stereocenters. The Morgan fingerprint density at radius 2 is 1.09 bits per heavy atom. The third kappa shape index (κ3) is 13.4. The smallest absolute Gasteiger partial charge is 0.0184 e. The lowest BCUT2D eigenvalue weighted by atomic mass is 10.0.